The van der Waals surface area contributed by atoms with Crippen LogP contribution < -0.4 is 19.5 Å². The summed E-state index contributed by atoms with van der Waals surface area (Å²) in [5, 5.41) is 3.28. The number of benzene rings is 1. The maximum atomic E-state index is 5.50. The SMILES string of the molecule is CNC(c1cccnc1)c1cc(OC)c(OC)cc1OC. The zero-order valence-corrected chi connectivity index (χ0v) is 12.7. The van der Waals surface area contributed by atoms with E-state index in [4.69, 9.17) is 14.2 Å². The highest BCUT2D eigenvalue weighted by atomic mass is 16.5. The molecule has 0 aliphatic heterocycles. The first-order chi connectivity index (χ1) is 10.2. The molecular formula is C16H20N2O3. The number of ether oxygens (including phenoxy) is 3. The largest absolute Gasteiger partial charge is 0.496 e. The van der Waals surface area contributed by atoms with Gasteiger partial charge in [-0.3, -0.25) is 4.98 Å². The fraction of sp³-hybridized carbons (Fsp3) is 0.312. The second kappa shape index (κ2) is 6.95. The van der Waals surface area contributed by atoms with Crippen LogP contribution in [-0.4, -0.2) is 33.4 Å². The zero-order valence-electron chi connectivity index (χ0n) is 12.7. The molecule has 0 fully saturated rings. The third-order valence-corrected chi connectivity index (χ3v) is 3.35. The van der Waals surface area contributed by atoms with Crippen molar-refractivity contribution < 1.29 is 14.2 Å². The number of rotatable bonds is 6. The van der Waals surface area contributed by atoms with E-state index in [9.17, 15) is 0 Å². The number of pyridine rings is 1. The number of aromatic nitrogens is 1. The lowest BCUT2D eigenvalue weighted by molar-refractivity contribution is 0.346. The van der Waals surface area contributed by atoms with E-state index in [-0.39, 0.29) is 6.04 Å². The second-order valence-electron chi connectivity index (χ2n) is 4.46. The fourth-order valence-corrected chi connectivity index (χ4v) is 2.33. The molecular weight excluding hydrogens is 268 g/mol. The summed E-state index contributed by atoms with van der Waals surface area (Å²) < 4.78 is 16.2. The van der Waals surface area contributed by atoms with Crippen molar-refractivity contribution in [1.82, 2.24) is 10.3 Å². The number of hydrogen-bond donors (Lipinski definition) is 1. The number of hydrogen-bond acceptors (Lipinski definition) is 5. The molecule has 5 heteroatoms. The van der Waals surface area contributed by atoms with Gasteiger partial charge < -0.3 is 19.5 Å². The fourth-order valence-electron chi connectivity index (χ4n) is 2.33. The maximum absolute atomic E-state index is 5.50. The predicted molar refractivity (Wildman–Crippen MR) is 81.2 cm³/mol. The molecule has 112 valence electrons. The lowest BCUT2D eigenvalue weighted by atomic mass is 9.98. The van der Waals surface area contributed by atoms with Crippen LogP contribution in [0.3, 0.4) is 0 Å². The molecule has 0 saturated heterocycles. The Morgan fingerprint density at radius 1 is 1.00 bits per heavy atom. The molecule has 2 aromatic rings. The average molecular weight is 288 g/mol. The summed E-state index contributed by atoms with van der Waals surface area (Å²) >= 11 is 0. The Morgan fingerprint density at radius 3 is 2.19 bits per heavy atom. The van der Waals surface area contributed by atoms with Gasteiger partial charge in [-0.15, -0.1) is 0 Å². The topological polar surface area (TPSA) is 52.6 Å². The van der Waals surface area contributed by atoms with Crippen molar-refractivity contribution >= 4 is 0 Å². The smallest absolute Gasteiger partial charge is 0.164 e. The molecule has 0 bridgehead atoms. The molecule has 1 N–H and O–H groups in total. The lowest BCUT2D eigenvalue weighted by Gasteiger charge is -2.21. The van der Waals surface area contributed by atoms with Crippen molar-refractivity contribution in [1.29, 1.82) is 0 Å². The van der Waals surface area contributed by atoms with Gasteiger partial charge in [-0.25, -0.2) is 0 Å². The minimum atomic E-state index is -0.0477. The Labute approximate surface area is 124 Å². The highest BCUT2D eigenvalue weighted by Crippen LogP contribution is 2.39. The van der Waals surface area contributed by atoms with Gasteiger partial charge in [0.05, 0.1) is 27.4 Å². The zero-order chi connectivity index (χ0) is 15.2. The first kappa shape index (κ1) is 15.1. The van der Waals surface area contributed by atoms with E-state index in [0.717, 1.165) is 16.9 Å². The first-order valence-corrected chi connectivity index (χ1v) is 6.62. The average Bonchev–Trinajstić information content (AvgIpc) is 2.56. The van der Waals surface area contributed by atoms with E-state index in [1.807, 2.05) is 37.5 Å². The van der Waals surface area contributed by atoms with Crippen molar-refractivity contribution in [2.75, 3.05) is 28.4 Å². The van der Waals surface area contributed by atoms with E-state index < -0.39 is 0 Å². The van der Waals surface area contributed by atoms with E-state index in [2.05, 4.69) is 10.3 Å². The third-order valence-electron chi connectivity index (χ3n) is 3.35. The van der Waals surface area contributed by atoms with Crippen molar-refractivity contribution in [2.45, 2.75) is 6.04 Å². The van der Waals surface area contributed by atoms with Crippen LogP contribution in [0.15, 0.2) is 36.7 Å². The third kappa shape index (κ3) is 3.08. The van der Waals surface area contributed by atoms with Gasteiger partial charge in [0.1, 0.15) is 5.75 Å². The van der Waals surface area contributed by atoms with Crippen LogP contribution in [-0.2, 0) is 0 Å². The number of nitrogens with zero attached hydrogens (tertiary/aromatic N) is 1. The molecule has 5 nitrogen and oxygen atoms in total. The monoisotopic (exact) mass is 288 g/mol. The quantitative estimate of drug-likeness (QED) is 0.884. The molecule has 0 spiro atoms. The Hall–Kier alpha value is -2.27. The van der Waals surface area contributed by atoms with Crippen LogP contribution in [0.4, 0.5) is 0 Å². The minimum absolute atomic E-state index is 0.0477. The lowest BCUT2D eigenvalue weighted by Crippen LogP contribution is -2.18. The van der Waals surface area contributed by atoms with Crippen LogP contribution in [0.25, 0.3) is 0 Å². The summed E-state index contributed by atoms with van der Waals surface area (Å²) in [6.07, 6.45) is 3.58. The van der Waals surface area contributed by atoms with Gasteiger partial charge in [-0.2, -0.15) is 0 Å². The second-order valence-corrected chi connectivity index (χ2v) is 4.46. The van der Waals surface area contributed by atoms with Crippen LogP contribution >= 0.6 is 0 Å². The van der Waals surface area contributed by atoms with Gasteiger partial charge in [0.2, 0.25) is 0 Å². The highest BCUT2D eigenvalue weighted by molar-refractivity contribution is 5.53. The van der Waals surface area contributed by atoms with Gasteiger partial charge in [-0.05, 0) is 24.7 Å². The first-order valence-electron chi connectivity index (χ1n) is 6.62. The highest BCUT2D eigenvalue weighted by Gasteiger charge is 2.20. The van der Waals surface area contributed by atoms with Crippen molar-refractivity contribution in [2.24, 2.45) is 0 Å². The Balaban J connectivity index is 2.54. The van der Waals surface area contributed by atoms with Crippen molar-refractivity contribution in [3.05, 3.63) is 47.8 Å². The summed E-state index contributed by atoms with van der Waals surface area (Å²) in [5.74, 6) is 2.03. The van der Waals surface area contributed by atoms with E-state index >= 15 is 0 Å². The molecule has 2 rings (SSSR count). The van der Waals surface area contributed by atoms with Gasteiger partial charge in [0.25, 0.3) is 0 Å². The van der Waals surface area contributed by atoms with Crippen molar-refractivity contribution in [3.8, 4) is 17.2 Å². The molecule has 0 aliphatic carbocycles. The molecule has 1 aromatic heterocycles. The normalized spacial score (nSPS) is 11.8. The molecule has 21 heavy (non-hydrogen) atoms. The van der Waals surface area contributed by atoms with Crippen LogP contribution in [0.2, 0.25) is 0 Å². The molecule has 0 aliphatic rings. The Bertz CT molecular complexity index is 588. The molecule has 0 saturated carbocycles. The number of methoxy groups -OCH3 is 3. The molecule has 0 radical (unpaired) electrons. The van der Waals surface area contributed by atoms with Crippen LogP contribution in [0.5, 0.6) is 17.2 Å². The predicted octanol–water partition coefficient (Wildman–Crippen LogP) is 2.42. The van der Waals surface area contributed by atoms with Crippen LogP contribution in [0, 0.1) is 0 Å². The molecule has 1 heterocycles. The summed E-state index contributed by atoms with van der Waals surface area (Å²) in [6.45, 7) is 0. The van der Waals surface area contributed by atoms with E-state index in [1.165, 1.54) is 0 Å². The molecule has 1 unspecified atom stereocenters. The summed E-state index contributed by atoms with van der Waals surface area (Å²) in [4.78, 5) is 4.17. The van der Waals surface area contributed by atoms with E-state index in [1.54, 1.807) is 27.5 Å². The number of nitrogens with one attached hydrogen (secondary N) is 1. The summed E-state index contributed by atoms with van der Waals surface area (Å²) in [5.41, 5.74) is 2.01. The summed E-state index contributed by atoms with van der Waals surface area (Å²) in [7, 11) is 6.76. The van der Waals surface area contributed by atoms with Crippen molar-refractivity contribution in [3.63, 3.8) is 0 Å². The minimum Gasteiger partial charge on any atom is -0.496 e. The van der Waals surface area contributed by atoms with Gasteiger partial charge in [0, 0.05) is 24.0 Å². The summed E-state index contributed by atoms with van der Waals surface area (Å²) in [6, 6.07) is 7.63. The van der Waals surface area contributed by atoms with Gasteiger partial charge >= 0.3 is 0 Å². The van der Waals surface area contributed by atoms with Gasteiger partial charge in [0.15, 0.2) is 11.5 Å². The molecule has 1 atom stereocenters. The van der Waals surface area contributed by atoms with Crippen LogP contribution in [0.1, 0.15) is 17.2 Å². The molecule has 1 aromatic carbocycles. The van der Waals surface area contributed by atoms with E-state index in [0.29, 0.717) is 11.5 Å². The maximum Gasteiger partial charge on any atom is 0.164 e. The standard InChI is InChI=1S/C16H20N2O3/c1-17-16(11-6-5-7-18-10-11)12-8-14(20-3)15(21-4)9-13(12)19-2/h5-10,16-17H,1-4H3. The van der Waals surface area contributed by atoms with Gasteiger partial charge in [-0.1, -0.05) is 6.07 Å². The Morgan fingerprint density at radius 2 is 1.67 bits per heavy atom. The molecule has 0 amide bonds. The Kier molecular flexibility index (Phi) is 5.00.